The Morgan fingerprint density at radius 1 is 1.24 bits per heavy atom. The zero-order chi connectivity index (χ0) is 15.7. The second-order valence-corrected chi connectivity index (χ2v) is 6.12. The van der Waals surface area contributed by atoms with Crippen molar-refractivity contribution in [1.29, 1.82) is 0 Å². The zero-order valence-corrected chi connectivity index (χ0v) is 13.2. The minimum atomic E-state index is -3.51. The molecule has 1 N–H and O–H groups in total. The van der Waals surface area contributed by atoms with E-state index in [4.69, 9.17) is 9.84 Å². The van der Waals surface area contributed by atoms with Gasteiger partial charge in [-0.15, -0.1) is 0 Å². The lowest BCUT2D eigenvalue weighted by Crippen LogP contribution is -2.33. The van der Waals surface area contributed by atoms with Crippen LogP contribution in [-0.4, -0.2) is 50.7 Å². The molecule has 0 aliphatic rings. The Balaban J connectivity index is 2.89. The Morgan fingerprint density at radius 3 is 2.43 bits per heavy atom. The number of likely N-dealkylation sites (N-methyl/N-ethyl adjacent to an activating group) is 1. The van der Waals surface area contributed by atoms with Gasteiger partial charge in [0.25, 0.3) is 0 Å². The van der Waals surface area contributed by atoms with Crippen LogP contribution in [0.25, 0.3) is 0 Å². The highest BCUT2D eigenvalue weighted by atomic mass is 32.2. The number of benzene rings is 1. The van der Waals surface area contributed by atoms with Crippen molar-refractivity contribution in [2.24, 2.45) is 0 Å². The number of rotatable bonds is 7. The van der Waals surface area contributed by atoms with Crippen LogP contribution in [0.15, 0.2) is 29.2 Å². The first-order chi connectivity index (χ1) is 10.1. The Labute approximate surface area is 126 Å². The molecule has 0 unspecified atom stereocenters. The van der Waals surface area contributed by atoms with E-state index in [9.17, 15) is 8.42 Å². The predicted molar refractivity (Wildman–Crippen MR) is 81.3 cm³/mol. The molecule has 116 valence electrons. The summed E-state index contributed by atoms with van der Waals surface area (Å²) in [6, 6.07) is 6.32. The number of aliphatic hydroxyl groups excluding tert-OH is 1. The Hall–Kier alpha value is -1.39. The maximum absolute atomic E-state index is 12.5. The first-order valence-corrected chi connectivity index (χ1v) is 8.28. The van der Waals surface area contributed by atoms with Gasteiger partial charge in [-0.05, 0) is 31.2 Å². The second-order valence-electron chi connectivity index (χ2n) is 4.18. The van der Waals surface area contributed by atoms with E-state index in [1.54, 1.807) is 19.1 Å². The molecule has 0 aromatic heterocycles. The van der Waals surface area contributed by atoms with Crippen LogP contribution in [0.2, 0.25) is 0 Å². The quantitative estimate of drug-likeness (QED) is 0.604. The minimum Gasteiger partial charge on any atom is -0.384 e. The van der Waals surface area contributed by atoms with E-state index < -0.39 is 10.0 Å². The minimum absolute atomic E-state index is 0.221. The SMILES string of the molecule is CCOCCN(CC)S(=O)(=O)c1ccc(C#CCO)cc1. The van der Waals surface area contributed by atoms with Gasteiger partial charge in [0.15, 0.2) is 0 Å². The van der Waals surface area contributed by atoms with Gasteiger partial charge in [-0.1, -0.05) is 18.8 Å². The van der Waals surface area contributed by atoms with Crippen LogP contribution in [0, 0.1) is 11.8 Å². The molecule has 0 spiro atoms. The van der Waals surface area contributed by atoms with E-state index in [-0.39, 0.29) is 11.5 Å². The van der Waals surface area contributed by atoms with E-state index in [0.29, 0.717) is 31.9 Å². The number of sulfonamides is 1. The maximum Gasteiger partial charge on any atom is 0.243 e. The smallest absolute Gasteiger partial charge is 0.243 e. The van der Waals surface area contributed by atoms with Crippen LogP contribution in [-0.2, 0) is 14.8 Å². The first-order valence-electron chi connectivity index (χ1n) is 6.84. The number of hydrogen-bond donors (Lipinski definition) is 1. The highest BCUT2D eigenvalue weighted by molar-refractivity contribution is 7.89. The van der Waals surface area contributed by atoms with Crippen molar-refractivity contribution < 1.29 is 18.3 Å². The topological polar surface area (TPSA) is 66.8 Å². The summed E-state index contributed by atoms with van der Waals surface area (Å²) < 4.78 is 31.6. The summed E-state index contributed by atoms with van der Waals surface area (Å²) in [4.78, 5) is 0.232. The molecule has 0 aliphatic carbocycles. The Kier molecular flexibility index (Phi) is 7.40. The van der Waals surface area contributed by atoms with Gasteiger partial charge in [-0.3, -0.25) is 0 Å². The highest BCUT2D eigenvalue weighted by Gasteiger charge is 2.22. The van der Waals surface area contributed by atoms with E-state index in [0.717, 1.165) is 0 Å². The second kappa shape index (κ2) is 8.80. The largest absolute Gasteiger partial charge is 0.384 e. The van der Waals surface area contributed by atoms with E-state index in [1.165, 1.54) is 16.4 Å². The number of aliphatic hydroxyl groups is 1. The van der Waals surface area contributed by atoms with Gasteiger partial charge in [0, 0.05) is 25.3 Å². The van der Waals surface area contributed by atoms with Crippen LogP contribution in [0.1, 0.15) is 19.4 Å². The van der Waals surface area contributed by atoms with Crippen molar-refractivity contribution in [3.63, 3.8) is 0 Å². The third-order valence-electron chi connectivity index (χ3n) is 2.85. The van der Waals surface area contributed by atoms with E-state index >= 15 is 0 Å². The molecular formula is C15H21NO4S. The summed E-state index contributed by atoms with van der Waals surface area (Å²) in [6.45, 7) is 5.11. The van der Waals surface area contributed by atoms with Gasteiger partial charge >= 0.3 is 0 Å². The molecule has 0 saturated heterocycles. The molecular weight excluding hydrogens is 290 g/mol. The van der Waals surface area contributed by atoms with Crippen LogP contribution in [0.3, 0.4) is 0 Å². The number of nitrogens with zero attached hydrogens (tertiary/aromatic N) is 1. The van der Waals surface area contributed by atoms with Crippen molar-refractivity contribution in [1.82, 2.24) is 4.31 Å². The lowest BCUT2D eigenvalue weighted by atomic mass is 10.2. The number of hydrogen-bond acceptors (Lipinski definition) is 4. The molecule has 0 bridgehead atoms. The zero-order valence-electron chi connectivity index (χ0n) is 12.4. The lowest BCUT2D eigenvalue weighted by Gasteiger charge is -2.20. The van der Waals surface area contributed by atoms with Crippen molar-refractivity contribution in [2.45, 2.75) is 18.7 Å². The Bertz CT molecular complexity index is 584. The third kappa shape index (κ3) is 5.14. The van der Waals surface area contributed by atoms with Gasteiger partial charge in [-0.25, -0.2) is 8.42 Å². The van der Waals surface area contributed by atoms with Gasteiger partial charge in [-0.2, -0.15) is 4.31 Å². The predicted octanol–water partition coefficient (Wildman–Crippen LogP) is 1.08. The molecule has 21 heavy (non-hydrogen) atoms. The van der Waals surface area contributed by atoms with Gasteiger partial charge in [0.2, 0.25) is 10.0 Å². The van der Waals surface area contributed by atoms with Crippen LogP contribution >= 0.6 is 0 Å². The lowest BCUT2D eigenvalue weighted by molar-refractivity contribution is 0.135. The molecule has 0 fully saturated rings. The molecule has 0 radical (unpaired) electrons. The molecule has 1 aromatic rings. The van der Waals surface area contributed by atoms with Gasteiger partial charge < -0.3 is 9.84 Å². The molecule has 0 aliphatic heterocycles. The van der Waals surface area contributed by atoms with Crippen molar-refractivity contribution in [3.8, 4) is 11.8 Å². The average molecular weight is 311 g/mol. The van der Waals surface area contributed by atoms with E-state index in [2.05, 4.69) is 11.8 Å². The average Bonchev–Trinajstić information content (AvgIpc) is 2.49. The molecule has 6 heteroatoms. The summed E-state index contributed by atoms with van der Waals surface area (Å²) in [7, 11) is -3.51. The maximum atomic E-state index is 12.5. The molecule has 1 rings (SSSR count). The normalized spacial score (nSPS) is 11.2. The standard InChI is InChI=1S/C15H21NO4S/c1-3-16(11-13-20-4-2)21(18,19)15-9-7-14(8-10-15)6-5-12-17/h7-10,17H,3-4,11-13H2,1-2H3. The van der Waals surface area contributed by atoms with Gasteiger partial charge in [0.1, 0.15) is 6.61 Å². The third-order valence-corrected chi connectivity index (χ3v) is 4.83. The van der Waals surface area contributed by atoms with Crippen molar-refractivity contribution in [3.05, 3.63) is 29.8 Å². The number of ether oxygens (including phenoxy) is 1. The van der Waals surface area contributed by atoms with E-state index in [1.807, 2.05) is 6.92 Å². The summed E-state index contributed by atoms with van der Waals surface area (Å²) in [5.41, 5.74) is 0.667. The molecule has 1 aromatic carbocycles. The summed E-state index contributed by atoms with van der Waals surface area (Å²) >= 11 is 0. The Morgan fingerprint density at radius 2 is 1.90 bits per heavy atom. The van der Waals surface area contributed by atoms with Crippen molar-refractivity contribution >= 4 is 10.0 Å². The fourth-order valence-corrected chi connectivity index (χ4v) is 3.19. The molecule has 5 nitrogen and oxygen atoms in total. The summed E-state index contributed by atoms with van der Waals surface area (Å²) in [5.74, 6) is 5.25. The van der Waals surface area contributed by atoms with Crippen LogP contribution in [0.4, 0.5) is 0 Å². The molecule has 0 saturated carbocycles. The fourth-order valence-electron chi connectivity index (χ4n) is 1.76. The van der Waals surface area contributed by atoms with Crippen LogP contribution < -0.4 is 0 Å². The van der Waals surface area contributed by atoms with Gasteiger partial charge in [0.05, 0.1) is 11.5 Å². The van der Waals surface area contributed by atoms with Crippen LogP contribution in [0.5, 0.6) is 0 Å². The monoisotopic (exact) mass is 311 g/mol. The summed E-state index contributed by atoms with van der Waals surface area (Å²) in [5, 5.41) is 8.63. The summed E-state index contributed by atoms with van der Waals surface area (Å²) in [6.07, 6.45) is 0. The first kappa shape index (κ1) is 17.7. The molecule has 0 atom stereocenters. The fraction of sp³-hybridized carbons (Fsp3) is 0.467. The highest BCUT2D eigenvalue weighted by Crippen LogP contribution is 2.16. The van der Waals surface area contributed by atoms with Crippen molar-refractivity contribution in [2.75, 3.05) is 32.9 Å². The molecule has 0 amide bonds. The molecule has 0 heterocycles.